The van der Waals surface area contributed by atoms with Crippen molar-refractivity contribution >= 4 is 11.9 Å². The van der Waals surface area contributed by atoms with Gasteiger partial charge in [-0.1, -0.05) is 24.3 Å². The molecule has 154 valence electrons. The molecule has 0 aromatic heterocycles. The van der Waals surface area contributed by atoms with Crippen LogP contribution in [0.25, 0.3) is 0 Å². The van der Waals surface area contributed by atoms with Crippen LogP contribution in [0.2, 0.25) is 0 Å². The second-order valence-electron chi connectivity index (χ2n) is 7.51. The van der Waals surface area contributed by atoms with Crippen molar-refractivity contribution < 1.29 is 29.6 Å². The molecule has 0 radical (unpaired) electrons. The van der Waals surface area contributed by atoms with Gasteiger partial charge in [0.1, 0.15) is 11.2 Å². The zero-order chi connectivity index (χ0) is 21.0. The lowest BCUT2D eigenvalue weighted by Crippen LogP contribution is -2.56. The summed E-state index contributed by atoms with van der Waals surface area (Å²) in [4.78, 5) is 25.3. The van der Waals surface area contributed by atoms with Crippen molar-refractivity contribution in [1.82, 2.24) is 4.90 Å². The molecule has 7 nitrogen and oxygen atoms in total. The summed E-state index contributed by atoms with van der Waals surface area (Å²) in [5.74, 6) is -1.37. The molecule has 1 aliphatic heterocycles. The fourth-order valence-corrected chi connectivity index (χ4v) is 3.92. The number of aromatic carboxylic acids is 1. The van der Waals surface area contributed by atoms with Crippen molar-refractivity contribution in [2.75, 3.05) is 20.2 Å². The average Bonchev–Trinajstić information content (AvgIpc) is 2.71. The summed E-state index contributed by atoms with van der Waals surface area (Å²) in [6.07, 6.45) is -0.421. The number of carboxylic acid groups (broad SMARTS) is 2. The highest BCUT2D eigenvalue weighted by molar-refractivity contribution is 5.87. The van der Waals surface area contributed by atoms with Crippen molar-refractivity contribution in [3.8, 4) is 5.75 Å². The summed E-state index contributed by atoms with van der Waals surface area (Å²) in [6, 6.07) is 13.8. The highest BCUT2D eigenvalue weighted by atomic mass is 16.5. The van der Waals surface area contributed by atoms with E-state index in [0.717, 1.165) is 11.1 Å². The van der Waals surface area contributed by atoms with Crippen molar-refractivity contribution in [3.63, 3.8) is 0 Å². The molecule has 0 amide bonds. The molecule has 0 aliphatic carbocycles. The first-order chi connectivity index (χ1) is 13.8. The Hall–Kier alpha value is -2.90. The molecule has 0 bridgehead atoms. The minimum atomic E-state index is -1.33. The van der Waals surface area contributed by atoms with E-state index in [1.807, 2.05) is 11.0 Å². The number of likely N-dealkylation sites (tertiary alicyclic amines) is 1. The van der Waals surface area contributed by atoms with Crippen molar-refractivity contribution in [2.45, 2.75) is 25.5 Å². The van der Waals surface area contributed by atoms with E-state index in [9.17, 15) is 19.8 Å². The summed E-state index contributed by atoms with van der Waals surface area (Å²) in [6.45, 7) is 1.25. The largest absolute Gasteiger partial charge is 0.497 e. The number of hydrogen-bond acceptors (Lipinski definition) is 5. The lowest BCUT2D eigenvalue weighted by molar-refractivity contribution is -0.163. The minimum absolute atomic E-state index is 0.190. The molecule has 3 rings (SSSR count). The Balaban J connectivity index is 1.80. The van der Waals surface area contributed by atoms with Crippen LogP contribution in [-0.4, -0.2) is 58.5 Å². The zero-order valence-electron chi connectivity index (χ0n) is 16.2. The minimum Gasteiger partial charge on any atom is -0.497 e. The van der Waals surface area contributed by atoms with E-state index in [1.165, 1.54) is 12.1 Å². The van der Waals surface area contributed by atoms with E-state index >= 15 is 0 Å². The first kappa shape index (κ1) is 20.8. The quantitative estimate of drug-likeness (QED) is 0.656. The van der Waals surface area contributed by atoms with Gasteiger partial charge in [0.2, 0.25) is 0 Å². The Labute approximate surface area is 169 Å². The number of aliphatic hydroxyl groups excluding tert-OH is 1. The number of piperidine rings is 1. The third-order valence-electron chi connectivity index (χ3n) is 5.55. The van der Waals surface area contributed by atoms with Crippen LogP contribution in [0, 0.1) is 5.41 Å². The molecule has 1 saturated heterocycles. The summed E-state index contributed by atoms with van der Waals surface area (Å²) in [5, 5.41) is 29.7. The Morgan fingerprint density at radius 3 is 2.48 bits per heavy atom. The van der Waals surface area contributed by atoms with E-state index in [2.05, 4.69) is 0 Å². The van der Waals surface area contributed by atoms with E-state index in [4.69, 9.17) is 9.84 Å². The van der Waals surface area contributed by atoms with Crippen LogP contribution in [0.5, 0.6) is 5.75 Å². The van der Waals surface area contributed by atoms with Crippen LogP contribution in [0.1, 0.15) is 27.9 Å². The maximum absolute atomic E-state index is 12.3. The number of aliphatic hydroxyl groups is 1. The first-order valence-electron chi connectivity index (χ1n) is 9.43. The number of ether oxygens (including phenoxy) is 1. The predicted octanol–water partition coefficient (Wildman–Crippen LogP) is 2.27. The average molecular weight is 399 g/mol. The molecule has 1 heterocycles. The molecular formula is C22H25NO6. The standard InChI is InChI=1S/C22H25NO6/c1-29-18-4-2-3-16(11-18)12-22(21(27)28)14-23(10-9-19(22)24)13-15-5-7-17(8-6-15)20(25)26/h2-8,11,19,24H,9-10,12-14H2,1H3,(H,25,26)(H,27,28)/t19-,22-/m1/s1. The van der Waals surface area contributed by atoms with Crippen LogP contribution >= 0.6 is 0 Å². The number of nitrogens with zero attached hydrogens (tertiary/aromatic N) is 1. The number of benzene rings is 2. The van der Waals surface area contributed by atoms with Crippen LogP contribution in [0.3, 0.4) is 0 Å². The van der Waals surface area contributed by atoms with Gasteiger partial charge in [-0.2, -0.15) is 0 Å². The van der Waals surface area contributed by atoms with Crippen LogP contribution in [0.4, 0.5) is 0 Å². The van der Waals surface area contributed by atoms with Crippen LogP contribution < -0.4 is 4.74 Å². The number of carbonyl (C=O) groups is 2. The topological polar surface area (TPSA) is 107 Å². The van der Waals surface area contributed by atoms with E-state index < -0.39 is 23.5 Å². The van der Waals surface area contributed by atoms with Gasteiger partial charge in [-0.3, -0.25) is 9.69 Å². The molecule has 3 N–H and O–H groups in total. The van der Waals surface area contributed by atoms with Gasteiger partial charge >= 0.3 is 11.9 Å². The second-order valence-corrected chi connectivity index (χ2v) is 7.51. The molecule has 7 heteroatoms. The lowest BCUT2D eigenvalue weighted by atomic mass is 9.72. The fraction of sp³-hybridized carbons (Fsp3) is 0.364. The van der Waals surface area contributed by atoms with Gasteiger partial charge in [-0.15, -0.1) is 0 Å². The third kappa shape index (κ3) is 4.58. The summed E-state index contributed by atoms with van der Waals surface area (Å²) in [7, 11) is 1.55. The smallest absolute Gasteiger partial charge is 0.335 e. The molecule has 29 heavy (non-hydrogen) atoms. The first-order valence-corrected chi connectivity index (χ1v) is 9.43. The Kier molecular flexibility index (Phi) is 6.20. The van der Waals surface area contributed by atoms with Gasteiger partial charge in [0.05, 0.1) is 18.8 Å². The van der Waals surface area contributed by atoms with E-state index in [0.29, 0.717) is 25.3 Å². The zero-order valence-corrected chi connectivity index (χ0v) is 16.2. The Morgan fingerprint density at radius 1 is 1.14 bits per heavy atom. The SMILES string of the molecule is COc1cccc(C[C@@]2(C(=O)O)CN(Cc3ccc(C(=O)O)cc3)CC[C@H]2O)c1. The van der Waals surface area contributed by atoms with Gasteiger partial charge in [-0.05, 0) is 48.2 Å². The summed E-state index contributed by atoms with van der Waals surface area (Å²) in [5.41, 5.74) is 0.567. The number of rotatable bonds is 7. The number of aliphatic carboxylic acids is 1. The van der Waals surface area contributed by atoms with Crippen molar-refractivity contribution in [1.29, 1.82) is 0 Å². The molecule has 0 spiro atoms. The molecule has 1 fully saturated rings. The molecule has 0 unspecified atom stereocenters. The third-order valence-corrected chi connectivity index (χ3v) is 5.55. The number of methoxy groups -OCH3 is 1. The van der Waals surface area contributed by atoms with Crippen molar-refractivity contribution in [3.05, 3.63) is 65.2 Å². The molecule has 2 atom stereocenters. The fourth-order valence-electron chi connectivity index (χ4n) is 3.92. The lowest BCUT2D eigenvalue weighted by Gasteiger charge is -2.43. The van der Waals surface area contributed by atoms with Gasteiger partial charge in [-0.25, -0.2) is 4.79 Å². The normalized spacial score (nSPS) is 22.2. The van der Waals surface area contributed by atoms with Gasteiger partial charge in [0.15, 0.2) is 0 Å². The van der Waals surface area contributed by atoms with E-state index in [1.54, 1.807) is 37.4 Å². The van der Waals surface area contributed by atoms with Gasteiger partial charge in [0.25, 0.3) is 0 Å². The molecule has 1 aliphatic rings. The Morgan fingerprint density at radius 2 is 1.86 bits per heavy atom. The number of carboxylic acids is 2. The van der Waals surface area contributed by atoms with Gasteiger partial charge in [0, 0.05) is 19.6 Å². The van der Waals surface area contributed by atoms with Crippen LogP contribution in [-0.2, 0) is 17.8 Å². The monoisotopic (exact) mass is 399 g/mol. The highest BCUT2D eigenvalue weighted by Gasteiger charge is 2.49. The summed E-state index contributed by atoms with van der Waals surface area (Å²) < 4.78 is 5.23. The van der Waals surface area contributed by atoms with Crippen LogP contribution in [0.15, 0.2) is 48.5 Å². The number of hydrogen-bond donors (Lipinski definition) is 3. The predicted molar refractivity (Wildman–Crippen MR) is 106 cm³/mol. The maximum Gasteiger partial charge on any atom is 0.335 e. The molecule has 2 aromatic rings. The van der Waals surface area contributed by atoms with E-state index in [-0.39, 0.29) is 18.5 Å². The summed E-state index contributed by atoms with van der Waals surface area (Å²) >= 11 is 0. The molecular weight excluding hydrogens is 374 g/mol. The van der Waals surface area contributed by atoms with Gasteiger partial charge < -0.3 is 20.1 Å². The maximum atomic E-state index is 12.3. The second kappa shape index (κ2) is 8.63. The Bertz CT molecular complexity index is 881. The highest BCUT2D eigenvalue weighted by Crippen LogP contribution is 2.36. The van der Waals surface area contributed by atoms with Crippen molar-refractivity contribution in [2.24, 2.45) is 5.41 Å². The molecule has 0 saturated carbocycles. The molecule has 2 aromatic carbocycles.